The first-order valence-corrected chi connectivity index (χ1v) is 8.94. The zero-order valence-electron chi connectivity index (χ0n) is 13.7. The Morgan fingerprint density at radius 1 is 0.857 bits per heavy atom. The van der Waals surface area contributed by atoms with Gasteiger partial charge in [0.2, 0.25) is 10.0 Å². The van der Waals surface area contributed by atoms with Gasteiger partial charge in [0.05, 0.1) is 4.90 Å². The van der Waals surface area contributed by atoms with Crippen LogP contribution in [-0.2, 0) is 10.0 Å². The lowest BCUT2D eigenvalue weighted by molar-refractivity contribution is 0.319. The van der Waals surface area contributed by atoms with E-state index >= 15 is 0 Å². The number of piperidine rings is 1. The second-order valence-corrected chi connectivity index (χ2v) is 8.07. The summed E-state index contributed by atoms with van der Waals surface area (Å²) in [6.45, 7) is 10.9. The van der Waals surface area contributed by atoms with Crippen LogP contribution in [-0.4, -0.2) is 31.9 Å². The summed E-state index contributed by atoms with van der Waals surface area (Å²) in [6, 6.07) is 0.125. The van der Waals surface area contributed by atoms with E-state index < -0.39 is 10.0 Å². The highest BCUT2D eigenvalue weighted by atomic mass is 32.2. The molecule has 0 saturated carbocycles. The minimum absolute atomic E-state index is 0.125. The highest BCUT2D eigenvalue weighted by Gasteiger charge is 2.32. The van der Waals surface area contributed by atoms with Crippen LogP contribution in [0.25, 0.3) is 0 Å². The van der Waals surface area contributed by atoms with Crippen molar-refractivity contribution in [1.29, 1.82) is 0 Å². The molecule has 1 saturated heterocycles. The zero-order valence-corrected chi connectivity index (χ0v) is 14.5. The van der Waals surface area contributed by atoms with E-state index in [0.717, 1.165) is 35.1 Å². The van der Waals surface area contributed by atoms with Crippen LogP contribution in [0.2, 0.25) is 0 Å². The molecule has 0 aromatic heterocycles. The van der Waals surface area contributed by atoms with Crippen molar-refractivity contribution in [3.63, 3.8) is 0 Å². The maximum Gasteiger partial charge on any atom is 0.243 e. The average Bonchev–Trinajstić information content (AvgIpc) is 2.43. The Hall–Kier alpha value is -0.910. The fourth-order valence-corrected chi connectivity index (χ4v) is 5.13. The number of rotatable bonds is 2. The molecule has 4 nitrogen and oxygen atoms in total. The van der Waals surface area contributed by atoms with Gasteiger partial charge < -0.3 is 5.73 Å². The van der Waals surface area contributed by atoms with Gasteiger partial charge in [0, 0.05) is 19.1 Å². The molecule has 1 heterocycles. The van der Waals surface area contributed by atoms with Crippen molar-refractivity contribution in [3.05, 3.63) is 27.8 Å². The smallest absolute Gasteiger partial charge is 0.243 e. The van der Waals surface area contributed by atoms with Crippen LogP contribution in [0.4, 0.5) is 0 Å². The van der Waals surface area contributed by atoms with Gasteiger partial charge in [-0.25, -0.2) is 8.42 Å². The fourth-order valence-electron chi connectivity index (χ4n) is 3.10. The fraction of sp³-hybridized carbons (Fsp3) is 0.625. The predicted octanol–water partition coefficient (Wildman–Crippen LogP) is 2.34. The average molecular weight is 310 g/mol. The van der Waals surface area contributed by atoms with E-state index in [0.29, 0.717) is 18.0 Å². The molecule has 0 aliphatic carbocycles. The minimum Gasteiger partial charge on any atom is -0.328 e. The van der Waals surface area contributed by atoms with Crippen molar-refractivity contribution in [2.24, 2.45) is 5.73 Å². The lowest BCUT2D eigenvalue weighted by Gasteiger charge is -2.31. The SMILES string of the molecule is Cc1c(C)c(C)c(S(=O)(=O)N2CCC(N)CC2)c(C)c1C. The molecule has 2 N–H and O–H groups in total. The van der Waals surface area contributed by atoms with Crippen LogP contribution in [0.1, 0.15) is 40.7 Å². The molecule has 0 bridgehead atoms. The third-order valence-electron chi connectivity index (χ3n) is 5.03. The quantitative estimate of drug-likeness (QED) is 0.912. The van der Waals surface area contributed by atoms with Gasteiger partial charge in [-0.15, -0.1) is 0 Å². The van der Waals surface area contributed by atoms with Gasteiger partial charge in [-0.05, 0) is 75.3 Å². The Morgan fingerprint density at radius 2 is 1.24 bits per heavy atom. The minimum atomic E-state index is -3.43. The highest BCUT2D eigenvalue weighted by molar-refractivity contribution is 7.89. The van der Waals surface area contributed by atoms with Gasteiger partial charge in [0.15, 0.2) is 0 Å². The van der Waals surface area contributed by atoms with Crippen LogP contribution in [0.5, 0.6) is 0 Å². The summed E-state index contributed by atoms with van der Waals surface area (Å²) in [7, 11) is -3.43. The number of benzene rings is 1. The van der Waals surface area contributed by atoms with Crippen molar-refractivity contribution in [2.45, 2.75) is 58.4 Å². The van der Waals surface area contributed by atoms with Crippen molar-refractivity contribution >= 4 is 10.0 Å². The first kappa shape index (κ1) is 16.5. The summed E-state index contributed by atoms with van der Waals surface area (Å²) in [5.74, 6) is 0. The van der Waals surface area contributed by atoms with Gasteiger partial charge in [-0.1, -0.05) is 0 Å². The molecular formula is C16H26N2O2S. The number of hydrogen-bond donors (Lipinski definition) is 1. The number of nitrogens with two attached hydrogens (primary N) is 1. The molecule has 118 valence electrons. The summed E-state index contributed by atoms with van der Waals surface area (Å²) in [6.07, 6.45) is 1.47. The first-order chi connectivity index (χ1) is 9.67. The van der Waals surface area contributed by atoms with E-state index in [4.69, 9.17) is 5.73 Å². The number of nitrogens with zero attached hydrogens (tertiary/aromatic N) is 1. The summed E-state index contributed by atoms with van der Waals surface area (Å²) in [4.78, 5) is 0.499. The maximum absolute atomic E-state index is 13.0. The standard InChI is InChI=1S/C16H26N2O2S/c1-10-11(2)13(4)16(14(5)12(10)3)21(19,20)18-8-6-15(17)7-9-18/h15H,6-9,17H2,1-5H3. The zero-order chi connectivity index (χ0) is 15.9. The van der Waals surface area contributed by atoms with Crippen molar-refractivity contribution < 1.29 is 8.42 Å². The monoisotopic (exact) mass is 310 g/mol. The summed E-state index contributed by atoms with van der Waals surface area (Å²) in [5, 5.41) is 0. The molecular weight excluding hydrogens is 284 g/mol. The van der Waals surface area contributed by atoms with Gasteiger partial charge in [0.25, 0.3) is 0 Å². The maximum atomic E-state index is 13.0. The normalized spacial score (nSPS) is 18.2. The second kappa shape index (κ2) is 5.71. The Bertz CT molecular complexity index is 628. The molecule has 1 aromatic carbocycles. The van der Waals surface area contributed by atoms with Crippen molar-refractivity contribution in [3.8, 4) is 0 Å². The summed E-state index contributed by atoms with van der Waals surface area (Å²) < 4.78 is 27.7. The summed E-state index contributed by atoms with van der Waals surface area (Å²) >= 11 is 0. The Kier molecular flexibility index (Phi) is 4.47. The van der Waals surface area contributed by atoms with Crippen LogP contribution in [0, 0.1) is 34.6 Å². The largest absolute Gasteiger partial charge is 0.328 e. The van der Waals surface area contributed by atoms with Gasteiger partial charge in [-0.3, -0.25) is 0 Å². The number of sulfonamides is 1. The summed E-state index contributed by atoms with van der Waals surface area (Å²) in [5.41, 5.74) is 11.0. The molecule has 0 unspecified atom stereocenters. The van der Waals surface area contributed by atoms with Crippen LogP contribution in [0.15, 0.2) is 4.90 Å². The Morgan fingerprint density at radius 3 is 1.67 bits per heavy atom. The number of hydrogen-bond acceptors (Lipinski definition) is 3. The molecule has 0 atom stereocenters. The Labute approximate surface area is 128 Å². The molecule has 5 heteroatoms. The van der Waals surface area contributed by atoms with Gasteiger partial charge in [0.1, 0.15) is 0 Å². The third kappa shape index (κ3) is 2.74. The van der Waals surface area contributed by atoms with Crippen LogP contribution < -0.4 is 5.73 Å². The van der Waals surface area contributed by atoms with Crippen molar-refractivity contribution in [1.82, 2.24) is 4.31 Å². The van der Waals surface area contributed by atoms with Crippen LogP contribution >= 0.6 is 0 Å². The van der Waals surface area contributed by atoms with Crippen LogP contribution in [0.3, 0.4) is 0 Å². The second-order valence-electron chi connectivity index (χ2n) is 6.20. The molecule has 0 radical (unpaired) electrons. The molecule has 0 spiro atoms. The molecule has 1 aliphatic heterocycles. The highest BCUT2D eigenvalue weighted by Crippen LogP contribution is 2.32. The van der Waals surface area contributed by atoms with Gasteiger partial charge >= 0.3 is 0 Å². The third-order valence-corrected chi connectivity index (χ3v) is 7.20. The van der Waals surface area contributed by atoms with E-state index in [1.165, 1.54) is 5.56 Å². The van der Waals surface area contributed by atoms with E-state index in [1.54, 1.807) is 4.31 Å². The molecule has 1 aliphatic rings. The van der Waals surface area contributed by atoms with E-state index in [9.17, 15) is 8.42 Å². The molecule has 0 amide bonds. The first-order valence-electron chi connectivity index (χ1n) is 7.50. The molecule has 1 fully saturated rings. The van der Waals surface area contributed by atoms with Crippen molar-refractivity contribution in [2.75, 3.05) is 13.1 Å². The van der Waals surface area contributed by atoms with Gasteiger partial charge in [-0.2, -0.15) is 4.31 Å². The molecule has 1 aromatic rings. The topological polar surface area (TPSA) is 63.4 Å². The van der Waals surface area contributed by atoms with E-state index in [1.807, 2.05) is 27.7 Å². The lowest BCUT2D eigenvalue weighted by atomic mass is 9.95. The molecule has 2 rings (SSSR count). The van der Waals surface area contributed by atoms with E-state index in [-0.39, 0.29) is 6.04 Å². The Balaban J connectivity index is 2.56. The lowest BCUT2D eigenvalue weighted by Crippen LogP contribution is -2.43. The predicted molar refractivity (Wildman–Crippen MR) is 86.1 cm³/mol. The van der Waals surface area contributed by atoms with E-state index in [2.05, 4.69) is 6.92 Å². The molecule has 21 heavy (non-hydrogen) atoms.